The SMILES string of the molecule is Cn1ncc(C(=N)N)c1NS(C)(=O)=O. The Morgan fingerprint density at radius 2 is 2.29 bits per heavy atom. The molecule has 0 radical (unpaired) electrons. The molecule has 0 bridgehead atoms. The maximum Gasteiger partial charge on any atom is 0.230 e. The molecule has 0 aliphatic carbocycles. The van der Waals surface area contributed by atoms with Crippen molar-refractivity contribution in [3.63, 3.8) is 0 Å². The van der Waals surface area contributed by atoms with Crippen molar-refractivity contribution >= 4 is 21.7 Å². The van der Waals surface area contributed by atoms with Gasteiger partial charge in [-0.2, -0.15) is 5.10 Å². The molecule has 8 heteroatoms. The van der Waals surface area contributed by atoms with Gasteiger partial charge < -0.3 is 5.73 Å². The summed E-state index contributed by atoms with van der Waals surface area (Å²) in [5.74, 6) is -0.0377. The smallest absolute Gasteiger partial charge is 0.230 e. The summed E-state index contributed by atoms with van der Waals surface area (Å²) in [5.41, 5.74) is 5.50. The van der Waals surface area contributed by atoms with E-state index in [4.69, 9.17) is 11.1 Å². The second kappa shape index (κ2) is 3.29. The monoisotopic (exact) mass is 217 g/mol. The van der Waals surface area contributed by atoms with E-state index in [1.807, 2.05) is 0 Å². The fraction of sp³-hybridized carbons (Fsp3) is 0.333. The molecule has 1 aromatic heterocycles. The summed E-state index contributed by atoms with van der Waals surface area (Å²) in [6, 6.07) is 0. The van der Waals surface area contributed by atoms with E-state index in [0.29, 0.717) is 0 Å². The number of anilines is 1. The van der Waals surface area contributed by atoms with Crippen LogP contribution in [0.4, 0.5) is 5.82 Å². The maximum atomic E-state index is 11.0. The van der Waals surface area contributed by atoms with Crippen molar-refractivity contribution in [2.24, 2.45) is 12.8 Å². The second-order valence-electron chi connectivity index (χ2n) is 2.82. The molecular formula is C6H11N5O2S. The molecule has 0 amide bonds. The number of aromatic nitrogens is 2. The molecule has 1 aromatic rings. The van der Waals surface area contributed by atoms with Gasteiger partial charge in [0.25, 0.3) is 0 Å². The van der Waals surface area contributed by atoms with Gasteiger partial charge in [0.05, 0.1) is 18.0 Å². The maximum absolute atomic E-state index is 11.0. The van der Waals surface area contributed by atoms with Crippen LogP contribution < -0.4 is 10.5 Å². The third-order valence-electron chi connectivity index (χ3n) is 1.51. The average Bonchev–Trinajstić information content (AvgIpc) is 2.29. The molecular weight excluding hydrogens is 206 g/mol. The Hall–Kier alpha value is -1.57. The van der Waals surface area contributed by atoms with Crippen LogP contribution in [0, 0.1) is 5.41 Å². The highest BCUT2D eigenvalue weighted by molar-refractivity contribution is 7.92. The molecule has 7 nitrogen and oxygen atoms in total. The number of rotatable bonds is 3. The number of nitrogens with zero attached hydrogens (tertiary/aromatic N) is 2. The van der Waals surface area contributed by atoms with Crippen molar-refractivity contribution in [1.29, 1.82) is 5.41 Å². The number of amidine groups is 1. The molecule has 0 spiro atoms. The van der Waals surface area contributed by atoms with Gasteiger partial charge in [0.1, 0.15) is 11.7 Å². The molecule has 0 aromatic carbocycles. The summed E-state index contributed by atoms with van der Waals surface area (Å²) in [5, 5.41) is 11.0. The van der Waals surface area contributed by atoms with E-state index < -0.39 is 10.0 Å². The van der Waals surface area contributed by atoms with Gasteiger partial charge in [-0.3, -0.25) is 14.8 Å². The molecule has 0 fully saturated rings. The van der Waals surface area contributed by atoms with Gasteiger partial charge in [0.2, 0.25) is 10.0 Å². The molecule has 0 atom stereocenters. The van der Waals surface area contributed by atoms with Crippen LogP contribution in [-0.4, -0.2) is 30.3 Å². The Morgan fingerprint density at radius 1 is 1.71 bits per heavy atom. The predicted octanol–water partition coefficient (Wildman–Crippen LogP) is -0.924. The minimum absolute atomic E-state index is 0.194. The Morgan fingerprint density at radius 3 is 2.71 bits per heavy atom. The molecule has 14 heavy (non-hydrogen) atoms. The molecule has 1 heterocycles. The number of hydrogen-bond acceptors (Lipinski definition) is 4. The Balaban J connectivity index is 3.19. The van der Waals surface area contributed by atoms with E-state index >= 15 is 0 Å². The van der Waals surface area contributed by atoms with Crippen molar-refractivity contribution < 1.29 is 8.42 Å². The number of hydrogen-bond donors (Lipinski definition) is 3. The molecule has 4 N–H and O–H groups in total. The average molecular weight is 217 g/mol. The van der Waals surface area contributed by atoms with Crippen LogP contribution >= 0.6 is 0 Å². The quantitative estimate of drug-likeness (QED) is 0.448. The number of nitrogens with two attached hydrogens (primary N) is 1. The largest absolute Gasteiger partial charge is 0.384 e. The summed E-state index contributed by atoms with van der Waals surface area (Å²) in [6.07, 6.45) is 2.35. The zero-order chi connectivity index (χ0) is 10.9. The Bertz CT molecular complexity index is 461. The lowest BCUT2D eigenvalue weighted by atomic mass is 10.3. The lowest BCUT2D eigenvalue weighted by molar-refractivity contribution is 0.606. The van der Waals surface area contributed by atoms with Crippen LogP contribution in [-0.2, 0) is 17.1 Å². The first kappa shape index (κ1) is 10.5. The van der Waals surface area contributed by atoms with Crippen molar-refractivity contribution in [2.45, 2.75) is 0 Å². The molecule has 1 rings (SSSR count). The Kier molecular flexibility index (Phi) is 2.47. The highest BCUT2D eigenvalue weighted by Crippen LogP contribution is 2.13. The fourth-order valence-electron chi connectivity index (χ4n) is 0.931. The summed E-state index contributed by atoms with van der Waals surface area (Å²) >= 11 is 0. The zero-order valence-electron chi connectivity index (χ0n) is 7.77. The van der Waals surface area contributed by atoms with Gasteiger partial charge in [0, 0.05) is 7.05 Å². The Labute approximate surface area is 81.5 Å². The standard InChI is InChI=1S/C6H11N5O2S/c1-11-6(10-14(2,12)13)4(3-9-11)5(7)8/h3,10H,1-2H3,(H3,7,8). The van der Waals surface area contributed by atoms with E-state index in [2.05, 4.69) is 9.82 Å². The van der Waals surface area contributed by atoms with Gasteiger partial charge >= 0.3 is 0 Å². The predicted molar refractivity (Wildman–Crippen MR) is 52.7 cm³/mol. The van der Waals surface area contributed by atoms with E-state index in [1.54, 1.807) is 7.05 Å². The van der Waals surface area contributed by atoms with E-state index in [9.17, 15) is 8.42 Å². The van der Waals surface area contributed by atoms with Crippen molar-refractivity contribution in [1.82, 2.24) is 9.78 Å². The first-order valence-electron chi connectivity index (χ1n) is 3.65. The fourth-order valence-corrected chi connectivity index (χ4v) is 1.52. The number of nitrogens with one attached hydrogen (secondary N) is 2. The first-order chi connectivity index (χ1) is 6.31. The van der Waals surface area contributed by atoms with Crippen molar-refractivity contribution in [2.75, 3.05) is 11.0 Å². The van der Waals surface area contributed by atoms with Gasteiger partial charge in [-0.1, -0.05) is 0 Å². The minimum atomic E-state index is -3.39. The van der Waals surface area contributed by atoms with E-state index in [-0.39, 0.29) is 17.2 Å². The van der Waals surface area contributed by atoms with Gasteiger partial charge in [-0.05, 0) is 0 Å². The minimum Gasteiger partial charge on any atom is -0.384 e. The van der Waals surface area contributed by atoms with Crippen molar-refractivity contribution in [3.05, 3.63) is 11.8 Å². The third kappa shape index (κ3) is 2.22. The molecule has 0 saturated carbocycles. The molecule has 0 aliphatic rings. The molecule has 0 unspecified atom stereocenters. The lowest BCUT2D eigenvalue weighted by Gasteiger charge is -2.05. The summed E-state index contributed by atoms with van der Waals surface area (Å²) < 4.78 is 25.5. The number of sulfonamides is 1. The van der Waals surface area contributed by atoms with E-state index in [1.165, 1.54) is 10.9 Å². The van der Waals surface area contributed by atoms with Crippen LogP contribution in [0.2, 0.25) is 0 Å². The molecule has 0 aliphatic heterocycles. The number of nitrogen functional groups attached to an aromatic ring is 1. The third-order valence-corrected chi connectivity index (χ3v) is 2.08. The summed E-state index contributed by atoms with van der Waals surface area (Å²) in [7, 11) is -1.83. The van der Waals surface area contributed by atoms with Crippen molar-refractivity contribution in [3.8, 4) is 0 Å². The first-order valence-corrected chi connectivity index (χ1v) is 5.54. The molecule has 78 valence electrons. The summed E-state index contributed by atoms with van der Waals surface area (Å²) in [6.45, 7) is 0. The number of aryl methyl sites for hydroxylation is 1. The lowest BCUT2D eigenvalue weighted by Crippen LogP contribution is -2.18. The topological polar surface area (TPSA) is 114 Å². The summed E-state index contributed by atoms with van der Waals surface area (Å²) in [4.78, 5) is 0. The van der Waals surface area contributed by atoms with Crippen LogP contribution in [0.5, 0.6) is 0 Å². The normalized spacial score (nSPS) is 11.3. The van der Waals surface area contributed by atoms with Gasteiger partial charge in [-0.15, -0.1) is 0 Å². The van der Waals surface area contributed by atoms with Crippen LogP contribution in [0.15, 0.2) is 6.20 Å². The second-order valence-corrected chi connectivity index (χ2v) is 4.57. The van der Waals surface area contributed by atoms with Crippen LogP contribution in [0.25, 0.3) is 0 Å². The van der Waals surface area contributed by atoms with Crippen LogP contribution in [0.3, 0.4) is 0 Å². The zero-order valence-corrected chi connectivity index (χ0v) is 8.59. The highest BCUT2D eigenvalue weighted by Gasteiger charge is 2.14. The van der Waals surface area contributed by atoms with Gasteiger partial charge in [0.15, 0.2) is 0 Å². The van der Waals surface area contributed by atoms with E-state index in [0.717, 1.165) is 6.26 Å². The van der Waals surface area contributed by atoms with Gasteiger partial charge in [-0.25, -0.2) is 8.42 Å². The van der Waals surface area contributed by atoms with Crippen LogP contribution in [0.1, 0.15) is 5.56 Å². The molecule has 0 saturated heterocycles. The highest BCUT2D eigenvalue weighted by atomic mass is 32.2.